The summed E-state index contributed by atoms with van der Waals surface area (Å²) in [6, 6.07) is 69.9. The van der Waals surface area contributed by atoms with Gasteiger partial charge < -0.3 is 0 Å². The summed E-state index contributed by atoms with van der Waals surface area (Å²) in [4.78, 5) is 15.6. The molecule has 0 aliphatic rings. The number of benzene rings is 8. The lowest BCUT2D eigenvalue weighted by Gasteiger charge is -2.13. The van der Waals surface area contributed by atoms with Gasteiger partial charge in [0.15, 0.2) is 5.82 Å². The molecule has 0 N–H and O–H groups in total. The van der Waals surface area contributed by atoms with Gasteiger partial charge in [0, 0.05) is 38.4 Å². The predicted octanol–water partition coefficient (Wildman–Crippen LogP) is 13.9. The number of hydrogen-bond acceptors (Lipinski definition) is 6. The quantitative estimate of drug-likeness (QED) is 0.151. The summed E-state index contributed by atoms with van der Waals surface area (Å²) in [7, 11) is 0. The van der Waals surface area contributed by atoms with Crippen molar-refractivity contribution in [2.24, 2.45) is 0 Å². The summed E-state index contributed by atoms with van der Waals surface area (Å²) in [5.74, 6) is 0.677. The molecule has 0 atom stereocenters. The molecular weight excluding hydrogens is 739 g/mol. The third kappa shape index (κ3) is 6.52. The Balaban J connectivity index is 0.999. The van der Waals surface area contributed by atoms with Crippen molar-refractivity contribution in [2.45, 2.75) is 0 Å². The highest BCUT2D eigenvalue weighted by atomic mass is 32.1. The van der Waals surface area contributed by atoms with Gasteiger partial charge in [-0.1, -0.05) is 158 Å². The summed E-state index contributed by atoms with van der Waals surface area (Å²) in [6.45, 7) is 0. The Morgan fingerprint density at radius 1 is 0.305 bits per heavy atom. The van der Waals surface area contributed by atoms with E-state index in [4.69, 9.17) is 19.3 Å². The highest BCUT2D eigenvalue weighted by Crippen LogP contribution is 2.38. The smallest absolute Gasteiger partial charge is 0.160 e. The maximum Gasteiger partial charge on any atom is 0.160 e. The first-order chi connectivity index (χ1) is 29.2. The Bertz CT molecular complexity index is 3220. The van der Waals surface area contributed by atoms with Crippen molar-refractivity contribution in [3.63, 3.8) is 0 Å². The van der Waals surface area contributed by atoms with Crippen LogP contribution in [0.5, 0.6) is 0 Å². The van der Waals surface area contributed by atoms with Crippen LogP contribution < -0.4 is 0 Å². The maximum absolute atomic E-state index is 5.25. The SMILES string of the molecule is c1ccc(-c2cccc(-c3cc(-c4cccc(-c5ccc(-c6nc7ccccc7c7c6ccc6nsnc67)cc5)c4)nc(-c4cccc(-c5ccccc5)c4)n3)c2)cc1. The van der Waals surface area contributed by atoms with E-state index < -0.39 is 0 Å². The molecule has 8 aromatic carbocycles. The van der Waals surface area contributed by atoms with E-state index in [9.17, 15) is 0 Å². The molecule has 0 saturated heterocycles. The third-order valence-electron chi connectivity index (χ3n) is 11.0. The number of para-hydroxylation sites is 1. The van der Waals surface area contributed by atoms with Crippen LogP contribution in [0, 0.1) is 0 Å². The standard InChI is InChI=1S/C53H33N5S/c1-3-12-34(13-4-1)38-16-9-19-41(30-38)48-33-49(56-53(55-48)43-21-11-18-40(32-43)35-14-5-2-6-15-35)42-20-10-17-39(31-42)36-24-26-37(27-25-36)51-45-28-29-47-52(58-59-57-47)50(45)44-22-7-8-23-46(44)54-51/h1-33H. The van der Waals surface area contributed by atoms with Crippen molar-refractivity contribution in [1.82, 2.24) is 23.7 Å². The van der Waals surface area contributed by atoms with E-state index in [1.807, 2.05) is 24.3 Å². The molecule has 276 valence electrons. The van der Waals surface area contributed by atoms with Gasteiger partial charge in [-0.2, -0.15) is 8.75 Å². The molecule has 0 radical (unpaired) electrons. The summed E-state index contributed by atoms with van der Waals surface area (Å²) in [6.07, 6.45) is 0. The second kappa shape index (κ2) is 14.7. The summed E-state index contributed by atoms with van der Waals surface area (Å²) < 4.78 is 9.21. The maximum atomic E-state index is 5.25. The predicted molar refractivity (Wildman–Crippen MR) is 244 cm³/mol. The van der Waals surface area contributed by atoms with Crippen LogP contribution in [-0.2, 0) is 0 Å². The zero-order valence-corrected chi connectivity index (χ0v) is 32.5. The second-order valence-electron chi connectivity index (χ2n) is 14.6. The molecule has 11 aromatic rings. The molecule has 6 heteroatoms. The molecule has 0 spiro atoms. The van der Waals surface area contributed by atoms with Crippen LogP contribution >= 0.6 is 11.7 Å². The fourth-order valence-electron chi connectivity index (χ4n) is 8.01. The van der Waals surface area contributed by atoms with E-state index in [1.165, 1.54) is 11.7 Å². The van der Waals surface area contributed by atoms with Gasteiger partial charge in [0.2, 0.25) is 0 Å². The van der Waals surface area contributed by atoms with Crippen molar-refractivity contribution in [1.29, 1.82) is 0 Å². The van der Waals surface area contributed by atoms with E-state index in [0.717, 1.165) is 105 Å². The average Bonchev–Trinajstić information content (AvgIpc) is 3.81. The highest BCUT2D eigenvalue weighted by molar-refractivity contribution is 7.00. The summed E-state index contributed by atoms with van der Waals surface area (Å²) in [5, 5.41) is 3.25. The minimum Gasteiger partial charge on any atom is -0.247 e. The topological polar surface area (TPSA) is 64.5 Å². The summed E-state index contributed by atoms with van der Waals surface area (Å²) in [5.41, 5.74) is 16.2. The molecule has 3 heterocycles. The molecule has 3 aromatic heterocycles. The minimum atomic E-state index is 0.677. The van der Waals surface area contributed by atoms with Gasteiger partial charge in [-0.25, -0.2) is 15.0 Å². The van der Waals surface area contributed by atoms with Crippen molar-refractivity contribution in [3.05, 3.63) is 200 Å². The Labute approximate surface area is 345 Å². The molecular formula is C53H33N5S. The number of nitrogens with zero attached hydrogens (tertiary/aromatic N) is 5. The van der Waals surface area contributed by atoms with E-state index >= 15 is 0 Å². The van der Waals surface area contributed by atoms with Crippen LogP contribution in [0.4, 0.5) is 0 Å². The molecule has 0 aliphatic carbocycles. The molecule has 0 bridgehead atoms. The number of hydrogen-bond donors (Lipinski definition) is 0. The molecule has 0 unspecified atom stereocenters. The van der Waals surface area contributed by atoms with E-state index in [1.54, 1.807) is 0 Å². The second-order valence-corrected chi connectivity index (χ2v) is 15.1. The molecule has 0 aliphatic heterocycles. The zero-order valence-electron chi connectivity index (χ0n) is 31.7. The Morgan fingerprint density at radius 3 is 1.46 bits per heavy atom. The van der Waals surface area contributed by atoms with Gasteiger partial charge in [-0.3, -0.25) is 0 Å². The lowest BCUT2D eigenvalue weighted by molar-refractivity contribution is 1.18. The summed E-state index contributed by atoms with van der Waals surface area (Å²) >= 11 is 1.25. The number of rotatable bonds is 7. The Kier molecular flexibility index (Phi) is 8.60. The highest BCUT2D eigenvalue weighted by Gasteiger charge is 2.16. The van der Waals surface area contributed by atoms with Gasteiger partial charge in [0.05, 0.1) is 34.3 Å². The first-order valence-electron chi connectivity index (χ1n) is 19.6. The van der Waals surface area contributed by atoms with Crippen LogP contribution in [0.2, 0.25) is 0 Å². The Morgan fingerprint density at radius 2 is 0.814 bits per heavy atom. The van der Waals surface area contributed by atoms with Crippen molar-refractivity contribution in [2.75, 3.05) is 0 Å². The molecule has 11 rings (SSSR count). The monoisotopic (exact) mass is 771 g/mol. The molecule has 0 saturated carbocycles. The number of aromatic nitrogens is 5. The molecule has 59 heavy (non-hydrogen) atoms. The van der Waals surface area contributed by atoms with Crippen molar-refractivity contribution >= 4 is 44.4 Å². The first-order valence-corrected chi connectivity index (χ1v) is 20.3. The fraction of sp³-hybridized carbons (Fsp3) is 0. The lowest BCUT2D eigenvalue weighted by atomic mass is 9.96. The fourth-order valence-corrected chi connectivity index (χ4v) is 8.56. The molecule has 0 fully saturated rings. The lowest BCUT2D eigenvalue weighted by Crippen LogP contribution is -1.96. The average molecular weight is 772 g/mol. The van der Waals surface area contributed by atoms with Crippen LogP contribution in [0.3, 0.4) is 0 Å². The van der Waals surface area contributed by atoms with Crippen LogP contribution in [0.15, 0.2) is 200 Å². The van der Waals surface area contributed by atoms with Gasteiger partial charge in [-0.15, -0.1) is 0 Å². The number of pyridine rings is 1. The minimum absolute atomic E-state index is 0.677. The van der Waals surface area contributed by atoms with Gasteiger partial charge in [0.25, 0.3) is 0 Å². The van der Waals surface area contributed by atoms with Crippen LogP contribution in [-0.4, -0.2) is 23.7 Å². The van der Waals surface area contributed by atoms with Gasteiger partial charge in [0.1, 0.15) is 11.0 Å². The normalized spacial score (nSPS) is 11.4. The number of fused-ring (bicyclic) bond motifs is 5. The Hall–Kier alpha value is -7.67. The molecule has 5 nitrogen and oxygen atoms in total. The van der Waals surface area contributed by atoms with E-state index in [0.29, 0.717) is 5.82 Å². The van der Waals surface area contributed by atoms with E-state index in [-0.39, 0.29) is 0 Å². The third-order valence-corrected chi connectivity index (χ3v) is 11.5. The van der Waals surface area contributed by atoms with Gasteiger partial charge in [-0.05, 0) is 75.8 Å². The van der Waals surface area contributed by atoms with Crippen LogP contribution in [0.25, 0.3) is 111 Å². The van der Waals surface area contributed by atoms with Crippen molar-refractivity contribution < 1.29 is 0 Å². The molecule has 0 amide bonds. The largest absolute Gasteiger partial charge is 0.247 e. The zero-order chi connectivity index (χ0) is 39.1. The van der Waals surface area contributed by atoms with E-state index in [2.05, 4.69) is 180 Å². The van der Waals surface area contributed by atoms with Crippen LogP contribution in [0.1, 0.15) is 0 Å². The first kappa shape index (κ1) is 34.6. The van der Waals surface area contributed by atoms with Gasteiger partial charge >= 0.3 is 0 Å². The van der Waals surface area contributed by atoms with Crippen molar-refractivity contribution in [3.8, 4) is 78.5 Å².